The Kier molecular flexibility index (Phi) is 5.34. The Morgan fingerprint density at radius 1 is 1.04 bits per heavy atom. The SMILES string of the molecule is COC(=O)CC[C@@H](c1ccccc1)[C@@H]1CC[C@@H](C)c2ccccc21. The maximum Gasteiger partial charge on any atom is 0.305 e. The monoisotopic (exact) mass is 322 g/mol. The van der Waals surface area contributed by atoms with Gasteiger partial charge in [0.1, 0.15) is 0 Å². The summed E-state index contributed by atoms with van der Waals surface area (Å²) in [6, 6.07) is 19.5. The van der Waals surface area contributed by atoms with E-state index in [2.05, 4.69) is 61.5 Å². The van der Waals surface area contributed by atoms with E-state index in [-0.39, 0.29) is 5.97 Å². The van der Waals surface area contributed by atoms with Crippen molar-refractivity contribution >= 4 is 5.97 Å². The van der Waals surface area contributed by atoms with E-state index in [1.807, 2.05) is 0 Å². The smallest absolute Gasteiger partial charge is 0.305 e. The van der Waals surface area contributed by atoms with Crippen LogP contribution in [0, 0.1) is 0 Å². The standard InChI is InChI=1S/C22H26O2/c1-16-12-13-21(20-11-7-6-10-18(16)20)19(14-15-22(23)24-2)17-8-4-3-5-9-17/h3-11,16,19,21H,12-15H2,1-2H3/t16-,19+,21+/m1/s1. The van der Waals surface area contributed by atoms with Crippen molar-refractivity contribution in [1.29, 1.82) is 0 Å². The lowest BCUT2D eigenvalue weighted by Gasteiger charge is -2.35. The fourth-order valence-corrected chi connectivity index (χ4v) is 4.13. The zero-order valence-corrected chi connectivity index (χ0v) is 14.6. The molecule has 0 bridgehead atoms. The summed E-state index contributed by atoms with van der Waals surface area (Å²) >= 11 is 0. The number of carbonyl (C=O) groups excluding carboxylic acids is 1. The molecule has 0 radical (unpaired) electrons. The summed E-state index contributed by atoms with van der Waals surface area (Å²) in [5, 5.41) is 0. The van der Waals surface area contributed by atoms with Gasteiger partial charge < -0.3 is 4.74 Å². The lowest BCUT2D eigenvalue weighted by atomic mass is 9.69. The molecule has 0 aliphatic heterocycles. The first-order valence-electron chi connectivity index (χ1n) is 8.91. The van der Waals surface area contributed by atoms with Crippen molar-refractivity contribution in [3.63, 3.8) is 0 Å². The molecule has 0 amide bonds. The molecule has 0 N–H and O–H groups in total. The first kappa shape index (κ1) is 16.8. The van der Waals surface area contributed by atoms with Crippen molar-refractivity contribution < 1.29 is 9.53 Å². The average molecular weight is 322 g/mol. The van der Waals surface area contributed by atoms with Gasteiger partial charge in [-0.1, -0.05) is 61.5 Å². The highest BCUT2D eigenvalue weighted by atomic mass is 16.5. The van der Waals surface area contributed by atoms with Gasteiger partial charge in [0.05, 0.1) is 7.11 Å². The van der Waals surface area contributed by atoms with E-state index in [0.29, 0.717) is 24.2 Å². The molecule has 0 saturated carbocycles. The first-order chi connectivity index (χ1) is 11.7. The van der Waals surface area contributed by atoms with Gasteiger partial charge in [-0.05, 0) is 53.7 Å². The van der Waals surface area contributed by atoms with Gasteiger partial charge in [0, 0.05) is 6.42 Å². The van der Waals surface area contributed by atoms with Gasteiger partial charge in [-0.3, -0.25) is 4.79 Å². The Morgan fingerprint density at radius 2 is 1.71 bits per heavy atom. The van der Waals surface area contributed by atoms with E-state index in [0.717, 1.165) is 6.42 Å². The third-order valence-corrected chi connectivity index (χ3v) is 5.44. The molecule has 0 spiro atoms. The van der Waals surface area contributed by atoms with Gasteiger partial charge in [-0.15, -0.1) is 0 Å². The number of esters is 1. The topological polar surface area (TPSA) is 26.3 Å². The van der Waals surface area contributed by atoms with Crippen LogP contribution in [0.5, 0.6) is 0 Å². The lowest BCUT2D eigenvalue weighted by Crippen LogP contribution is -2.20. The van der Waals surface area contributed by atoms with Crippen molar-refractivity contribution in [2.24, 2.45) is 0 Å². The Labute approximate surface area is 144 Å². The van der Waals surface area contributed by atoms with E-state index in [1.54, 1.807) is 0 Å². The second-order valence-electron chi connectivity index (χ2n) is 6.85. The third-order valence-electron chi connectivity index (χ3n) is 5.44. The van der Waals surface area contributed by atoms with E-state index >= 15 is 0 Å². The van der Waals surface area contributed by atoms with Crippen molar-refractivity contribution in [2.75, 3.05) is 7.11 Å². The molecule has 2 nitrogen and oxygen atoms in total. The zero-order chi connectivity index (χ0) is 16.9. The van der Waals surface area contributed by atoms with Crippen molar-refractivity contribution in [2.45, 2.75) is 50.4 Å². The number of methoxy groups -OCH3 is 1. The molecule has 24 heavy (non-hydrogen) atoms. The van der Waals surface area contributed by atoms with Gasteiger partial charge >= 0.3 is 5.97 Å². The fourth-order valence-electron chi connectivity index (χ4n) is 4.13. The summed E-state index contributed by atoms with van der Waals surface area (Å²) in [7, 11) is 1.47. The minimum Gasteiger partial charge on any atom is -0.469 e. The summed E-state index contributed by atoms with van der Waals surface area (Å²) in [4.78, 5) is 11.7. The molecule has 1 aliphatic carbocycles. The van der Waals surface area contributed by atoms with Gasteiger partial charge in [0.2, 0.25) is 0 Å². The highest BCUT2D eigenvalue weighted by Gasteiger charge is 2.31. The number of hydrogen-bond acceptors (Lipinski definition) is 2. The minimum atomic E-state index is -0.117. The summed E-state index contributed by atoms with van der Waals surface area (Å²) < 4.78 is 4.87. The van der Waals surface area contributed by atoms with Crippen molar-refractivity contribution in [3.05, 3.63) is 71.3 Å². The zero-order valence-electron chi connectivity index (χ0n) is 14.6. The number of carbonyl (C=O) groups is 1. The normalized spacial score (nSPS) is 20.9. The van der Waals surface area contributed by atoms with Crippen LogP contribution in [0.3, 0.4) is 0 Å². The quantitative estimate of drug-likeness (QED) is 0.688. The highest BCUT2D eigenvalue weighted by molar-refractivity contribution is 5.69. The summed E-state index contributed by atoms with van der Waals surface area (Å²) in [6.45, 7) is 2.32. The van der Waals surface area contributed by atoms with Gasteiger partial charge in [0.25, 0.3) is 0 Å². The first-order valence-corrected chi connectivity index (χ1v) is 8.91. The van der Waals surface area contributed by atoms with Crippen LogP contribution in [0.1, 0.15) is 67.1 Å². The van der Waals surface area contributed by atoms with Crippen LogP contribution in [0.15, 0.2) is 54.6 Å². The van der Waals surface area contributed by atoms with Crippen LogP contribution >= 0.6 is 0 Å². The number of fused-ring (bicyclic) bond motifs is 1. The van der Waals surface area contributed by atoms with Crippen LogP contribution in [-0.4, -0.2) is 13.1 Å². The second-order valence-corrected chi connectivity index (χ2v) is 6.85. The maximum atomic E-state index is 11.7. The van der Waals surface area contributed by atoms with E-state index in [4.69, 9.17) is 4.74 Å². The average Bonchev–Trinajstić information content (AvgIpc) is 2.64. The number of ether oxygens (including phenoxy) is 1. The summed E-state index contributed by atoms with van der Waals surface area (Å²) in [5.74, 6) is 1.34. The molecule has 1 aliphatic rings. The summed E-state index contributed by atoms with van der Waals surface area (Å²) in [6.07, 6.45) is 3.70. The summed E-state index contributed by atoms with van der Waals surface area (Å²) in [5.41, 5.74) is 4.28. The molecule has 0 aromatic heterocycles. The van der Waals surface area contributed by atoms with E-state index in [9.17, 15) is 4.79 Å². The Hall–Kier alpha value is -2.09. The molecule has 0 unspecified atom stereocenters. The molecule has 0 saturated heterocycles. The molecule has 0 heterocycles. The Bertz CT molecular complexity index is 677. The predicted octanol–water partition coefficient (Wildman–Crippen LogP) is 5.40. The van der Waals surface area contributed by atoms with Crippen molar-refractivity contribution in [3.8, 4) is 0 Å². The van der Waals surface area contributed by atoms with Gasteiger partial charge in [0.15, 0.2) is 0 Å². The molecule has 2 aromatic rings. The molecule has 126 valence electrons. The number of hydrogen-bond donors (Lipinski definition) is 0. The van der Waals surface area contributed by atoms with Crippen LogP contribution in [0.4, 0.5) is 0 Å². The van der Waals surface area contributed by atoms with Crippen LogP contribution in [0.25, 0.3) is 0 Å². The van der Waals surface area contributed by atoms with Crippen molar-refractivity contribution in [1.82, 2.24) is 0 Å². The lowest BCUT2D eigenvalue weighted by molar-refractivity contribution is -0.140. The van der Waals surface area contributed by atoms with Gasteiger partial charge in [-0.25, -0.2) is 0 Å². The van der Waals surface area contributed by atoms with E-state index < -0.39 is 0 Å². The fraction of sp³-hybridized carbons (Fsp3) is 0.409. The largest absolute Gasteiger partial charge is 0.469 e. The van der Waals surface area contributed by atoms with Crippen LogP contribution in [-0.2, 0) is 9.53 Å². The molecule has 2 aromatic carbocycles. The molecule has 2 heteroatoms. The second kappa shape index (κ2) is 7.65. The molecule has 3 rings (SSSR count). The van der Waals surface area contributed by atoms with E-state index in [1.165, 1.54) is 36.6 Å². The molecule has 0 fully saturated rings. The van der Waals surface area contributed by atoms with Gasteiger partial charge in [-0.2, -0.15) is 0 Å². The number of benzene rings is 2. The minimum absolute atomic E-state index is 0.117. The Morgan fingerprint density at radius 3 is 2.42 bits per heavy atom. The molecular weight excluding hydrogens is 296 g/mol. The van der Waals surface area contributed by atoms with Crippen LogP contribution in [0.2, 0.25) is 0 Å². The Balaban J connectivity index is 1.94. The maximum absolute atomic E-state index is 11.7. The number of rotatable bonds is 5. The third kappa shape index (κ3) is 3.53. The molecular formula is C22H26O2. The molecule has 3 atom stereocenters. The van der Waals surface area contributed by atoms with Crippen LogP contribution < -0.4 is 0 Å². The predicted molar refractivity (Wildman–Crippen MR) is 97.3 cm³/mol. The highest BCUT2D eigenvalue weighted by Crippen LogP contribution is 2.47.